The molecule has 1 atom stereocenters. The predicted molar refractivity (Wildman–Crippen MR) is 75.9 cm³/mol. The van der Waals surface area contributed by atoms with E-state index in [2.05, 4.69) is 10.1 Å². The number of β-amino-alcohol motifs (C(OH)–C–C–N with tert-alkyl or cyclic N) is 1. The van der Waals surface area contributed by atoms with Gasteiger partial charge in [0.1, 0.15) is 5.76 Å². The molecule has 0 saturated carbocycles. The van der Waals surface area contributed by atoms with Gasteiger partial charge < -0.3 is 18.9 Å². The minimum absolute atomic E-state index is 0.0465. The first-order chi connectivity index (χ1) is 10.5. The second-order valence-corrected chi connectivity index (χ2v) is 5.81. The maximum atomic E-state index is 12.3. The highest BCUT2D eigenvalue weighted by Gasteiger charge is 2.37. The first-order valence-corrected chi connectivity index (χ1v) is 7.36. The number of carbonyl (C=O) groups is 1. The molecule has 2 aromatic rings. The first kappa shape index (κ1) is 14.8. The smallest absolute Gasteiger partial charge is 0.230 e. The van der Waals surface area contributed by atoms with Gasteiger partial charge in [-0.1, -0.05) is 5.16 Å². The van der Waals surface area contributed by atoms with Gasteiger partial charge in [0, 0.05) is 13.1 Å². The van der Waals surface area contributed by atoms with E-state index in [1.807, 2.05) is 0 Å². The molecule has 0 radical (unpaired) electrons. The maximum absolute atomic E-state index is 12.3. The summed E-state index contributed by atoms with van der Waals surface area (Å²) in [5.74, 6) is 1.53. The van der Waals surface area contributed by atoms with Crippen LogP contribution in [0.3, 0.4) is 0 Å². The van der Waals surface area contributed by atoms with Gasteiger partial charge in [0.2, 0.25) is 11.8 Å². The summed E-state index contributed by atoms with van der Waals surface area (Å²) in [6.07, 6.45) is 3.38. The highest BCUT2D eigenvalue weighted by Crippen LogP contribution is 2.25. The lowest BCUT2D eigenvalue weighted by molar-refractivity contribution is -0.138. The second kappa shape index (κ2) is 5.92. The van der Waals surface area contributed by atoms with Crippen molar-refractivity contribution in [3.8, 4) is 0 Å². The zero-order chi connectivity index (χ0) is 15.6. The average Bonchev–Trinajstić information content (AvgIpc) is 3.10. The Hall–Kier alpha value is -2.15. The summed E-state index contributed by atoms with van der Waals surface area (Å²) < 4.78 is 10.3. The molecule has 2 aromatic heterocycles. The lowest BCUT2D eigenvalue weighted by atomic mass is 9.89. The highest BCUT2D eigenvalue weighted by atomic mass is 16.5. The molecule has 3 rings (SSSR count). The molecule has 1 saturated heterocycles. The summed E-state index contributed by atoms with van der Waals surface area (Å²) in [6, 6.07) is 3.53. The number of rotatable bonds is 4. The SMILES string of the molecule is Cc1noc(CC2(O)CCCN(C(=O)Cc3ccco3)C2)n1. The topological polar surface area (TPSA) is 92.6 Å². The number of hydrogen-bond acceptors (Lipinski definition) is 6. The van der Waals surface area contributed by atoms with E-state index in [4.69, 9.17) is 8.94 Å². The van der Waals surface area contributed by atoms with Gasteiger partial charge in [-0.15, -0.1) is 0 Å². The van der Waals surface area contributed by atoms with Crippen LogP contribution in [0.5, 0.6) is 0 Å². The summed E-state index contributed by atoms with van der Waals surface area (Å²) >= 11 is 0. The lowest BCUT2D eigenvalue weighted by Gasteiger charge is -2.38. The van der Waals surface area contributed by atoms with Crippen LogP contribution in [-0.4, -0.2) is 44.7 Å². The number of aliphatic hydroxyl groups is 1. The van der Waals surface area contributed by atoms with Gasteiger partial charge in [-0.2, -0.15) is 4.98 Å². The van der Waals surface area contributed by atoms with Crippen molar-refractivity contribution in [3.63, 3.8) is 0 Å². The van der Waals surface area contributed by atoms with E-state index in [1.165, 1.54) is 0 Å². The Balaban J connectivity index is 1.63. The molecule has 0 spiro atoms. The molecule has 7 heteroatoms. The van der Waals surface area contributed by atoms with Crippen molar-refractivity contribution in [1.82, 2.24) is 15.0 Å². The molecule has 1 amide bonds. The van der Waals surface area contributed by atoms with Gasteiger partial charge in [0.15, 0.2) is 5.82 Å². The van der Waals surface area contributed by atoms with E-state index < -0.39 is 5.60 Å². The second-order valence-electron chi connectivity index (χ2n) is 5.81. The van der Waals surface area contributed by atoms with Crippen LogP contribution in [0.1, 0.15) is 30.3 Å². The maximum Gasteiger partial charge on any atom is 0.230 e. The summed E-state index contributed by atoms with van der Waals surface area (Å²) in [6.45, 7) is 2.65. The molecule has 0 aromatic carbocycles. The number of nitrogens with zero attached hydrogens (tertiary/aromatic N) is 3. The number of aromatic nitrogens is 2. The van der Waals surface area contributed by atoms with Crippen LogP contribution < -0.4 is 0 Å². The predicted octanol–water partition coefficient (Wildman–Crippen LogP) is 1.11. The minimum atomic E-state index is -1.02. The van der Waals surface area contributed by atoms with Crippen molar-refractivity contribution in [1.29, 1.82) is 0 Å². The van der Waals surface area contributed by atoms with Crippen LogP contribution >= 0.6 is 0 Å². The third kappa shape index (κ3) is 3.36. The van der Waals surface area contributed by atoms with Crippen LogP contribution in [0, 0.1) is 6.92 Å². The van der Waals surface area contributed by atoms with E-state index in [1.54, 1.807) is 30.2 Å². The Kier molecular flexibility index (Phi) is 3.98. The largest absolute Gasteiger partial charge is 0.469 e. The molecule has 0 aliphatic carbocycles. The first-order valence-electron chi connectivity index (χ1n) is 7.36. The van der Waals surface area contributed by atoms with Gasteiger partial charge in [-0.05, 0) is 31.9 Å². The number of carbonyl (C=O) groups excluding carboxylic acids is 1. The van der Waals surface area contributed by atoms with E-state index in [0.29, 0.717) is 30.4 Å². The van der Waals surface area contributed by atoms with Crippen molar-refractivity contribution >= 4 is 5.91 Å². The summed E-state index contributed by atoms with van der Waals surface area (Å²) in [5, 5.41) is 14.5. The molecule has 1 aliphatic heterocycles. The Morgan fingerprint density at radius 3 is 3.09 bits per heavy atom. The van der Waals surface area contributed by atoms with Gasteiger partial charge >= 0.3 is 0 Å². The van der Waals surface area contributed by atoms with Gasteiger partial charge in [-0.3, -0.25) is 4.79 Å². The molecule has 0 bridgehead atoms. The number of amides is 1. The zero-order valence-corrected chi connectivity index (χ0v) is 12.5. The fourth-order valence-corrected chi connectivity index (χ4v) is 2.84. The molecule has 7 nitrogen and oxygen atoms in total. The Morgan fingerprint density at radius 2 is 2.41 bits per heavy atom. The minimum Gasteiger partial charge on any atom is -0.469 e. The fraction of sp³-hybridized carbons (Fsp3) is 0.533. The molecular formula is C15H19N3O4. The average molecular weight is 305 g/mol. The number of hydrogen-bond donors (Lipinski definition) is 1. The van der Waals surface area contributed by atoms with E-state index in [-0.39, 0.29) is 25.3 Å². The zero-order valence-electron chi connectivity index (χ0n) is 12.5. The lowest BCUT2D eigenvalue weighted by Crippen LogP contribution is -2.51. The molecule has 1 aliphatic rings. The Labute approximate surface area is 127 Å². The van der Waals surface area contributed by atoms with Crippen LogP contribution in [0.2, 0.25) is 0 Å². The Bertz CT molecular complexity index is 637. The van der Waals surface area contributed by atoms with Crippen LogP contribution in [0.25, 0.3) is 0 Å². The van der Waals surface area contributed by atoms with E-state index in [9.17, 15) is 9.90 Å². The van der Waals surface area contributed by atoms with Crippen molar-refractivity contribution < 1.29 is 18.8 Å². The standard InChI is InChI=1S/C15H19N3O4/c1-11-16-13(22-17-11)9-15(20)5-3-6-18(10-15)14(19)8-12-4-2-7-21-12/h2,4,7,20H,3,5-6,8-10H2,1H3. The fourth-order valence-electron chi connectivity index (χ4n) is 2.84. The van der Waals surface area contributed by atoms with Crippen molar-refractivity contribution in [2.75, 3.05) is 13.1 Å². The molecule has 22 heavy (non-hydrogen) atoms. The van der Waals surface area contributed by atoms with E-state index in [0.717, 1.165) is 6.42 Å². The van der Waals surface area contributed by atoms with E-state index >= 15 is 0 Å². The van der Waals surface area contributed by atoms with Gasteiger partial charge in [0.25, 0.3) is 0 Å². The number of aryl methyl sites for hydroxylation is 1. The highest BCUT2D eigenvalue weighted by molar-refractivity contribution is 5.78. The van der Waals surface area contributed by atoms with Crippen LogP contribution in [0.4, 0.5) is 0 Å². The number of likely N-dealkylation sites (tertiary alicyclic amines) is 1. The van der Waals surface area contributed by atoms with Crippen LogP contribution in [0.15, 0.2) is 27.3 Å². The summed E-state index contributed by atoms with van der Waals surface area (Å²) in [4.78, 5) is 18.1. The number of furan rings is 1. The van der Waals surface area contributed by atoms with Crippen molar-refractivity contribution in [2.45, 2.75) is 38.2 Å². The summed E-state index contributed by atoms with van der Waals surface area (Å²) in [7, 11) is 0. The van der Waals surface area contributed by atoms with Crippen molar-refractivity contribution in [2.24, 2.45) is 0 Å². The van der Waals surface area contributed by atoms with Gasteiger partial charge in [0.05, 0.1) is 24.7 Å². The molecular weight excluding hydrogens is 286 g/mol. The molecule has 1 fully saturated rings. The molecule has 118 valence electrons. The molecule has 1 N–H and O–H groups in total. The Morgan fingerprint density at radius 1 is 1.55 bits per heavy atom. The molecule has 3 heterocycles. The monoisotopic (exact) mass is 305 g/mol. The normalized spacial score (nSPS) is 22.0. The van der Waals surface area contributed by atoms with Crippen molar-refractivity contribution in [3.05, 3.63) is 35.9 Å². The summed E-state index contributed by atoms with van der Waals surface area (Å²) in [5.41, 5.74) is -1.02. The third-order valence-corrected chi connectivity index (χ3v) is 3.86. The molecule has 1 unspecified atom stereocenters. The van der Waals surface area contributed by atoms with Gasteiger partial charge in [-0.25, -0.2) is 0 Å². The third-order valence-electron chi connectivity index (χ3n) is 3.86. The number of piperidine rings is 1. The van der Waals surface area contributed by atoms with Crippen LogP contribution in [-0.2, 0) is 17.6 Å². The quantitative estimate of drug-likeness (QED) is 0.909.